The Bertz CT molecular complexity index is 582. The van der Waals surface area contributed by atoms with E-state index in [1.54, 1.807) is 25.3 Å². The minimum absolute atomic E-state index is 0.324. The molecule has 0 spiro atoms. The molecule has 0 radical (unpaired) electrons. The van der Waals surface area contributed by atoms with Gasteiger partial charge >= 0.3 is 120 Å². The van der Waals surface area contributed by atoms with Crippen LogP contribution in [-0.4, -0.2) is 12.1 Å². The summed E-state index contributed by atoms with van der Waals surface area (Å²) in [5.74, 6) is 0.657. The first-order valence-corrected chi connectivity index (χ1v) is 17.8. The van der Waals surface area contributed by atoms with Crippen LogP contribution >= 0.6 is 49.1 Å². The molecule has 2 rings (SSSR count). The predicted octanol–water partition coefficient (Wildman–Crippen LogP) is 3.57. The number of halogens is 3. The van der Waals surface area contributed by atoms with Gasteiger partial charge in [-0.25, -0.2) is 0 Å². The molecule has 1 heterocycles. The van der Waals surface area contributed by atoms with Crippen molar-refractivity contribution < 1.29 is 9.15 Å². The van der Waals surface area contributed by atoms with Crippen LogP contribution < -0.4 is 10.4 Å². The summed E-state index contributed by atoms with van der Waals surface area (Å²) in [4.78, 5) is 16.0. The van der Waals surface area contributed by atoms with Crippen LogP contribution in [0, 0.1) is 3.70 Å². The third-order valence-corrected chi connectivity index (χ3v) is 8.53. The van der Waals surface area contributed by atoms with E-state index in [0.29, 0.717) is 20.5 Å². The van der Waals surface area contributed by atoms with Gasteiger partial charge in [0.25, 0.3) is 0 Å². The summed E-state index contributed by atoms with van der Waals surface area (Å²) in [5, 5.41) is 0. The van der Waals surface area contributed by atoms with Gasteiger partial charge in [0, 0.05) is 0 Å². The predicted molar refractivity (Wildman–Crippen MR) is 87.6 cm³/mol. The Kier molecular flexibility index (Phi) is 4.26. The second-order valence-electron chi connectivity index (χ2n) is 2.82. The maximum atomic E-state index is 11.6. The topological polar surface area (TPSA) is 52.3 Å². The molecule has 2 aromatic rings. The number of aromatic nitrogens is 1. The summed E-state index contributed by atoms with van der Waals surface area (Å²) in [5.41, 5.74) is 0.847. The van der Waals surface area contributed by atoms with Gasteiger partial charge in [0.1, 0.15) is 0 Å². The fourth-order valence-electron chi connectivity index (χ4n) is 1.18. The molecule has 0 bridgehead atoms. The molecule has 0 fully saturated rings. The van der Waals surface area contributed by atoms with E-state index in [1.807, 2.05) is 0 Å². The molecule has 0 aliphatic rings. The quantitative estimate of drug-likeness (QED) is 0.531. The van der Waals surface area contributed by atoms with Crippen molar-refractivity contribution in [2.75, 3.05) is 7.11 Å². The molecule has 0 unspecified atom stereocenters. The molecule has 0 aliphatic carbocycles. The zero-order valence-electron chi connectivity index (χ0n) is 8.04. The normalized spacial score (nSPS) is 11.6. The zero-order chi connectivity index (χ0) is 11.7. The van der Waals surface area contributed by atoms with Crippen LogP contribution in [-0.2, 0) is 0 Å². The Hall–Kier alpha value is 0.350. The first-order chi connectivity index (χ1) is 7.61. The van der Waals surface area contributed by atoms with Gasteiger partial charge in [-0.15, -0.1) is 0 Å². The summed E-state index contributed by atoms with van der Waals surface area (Å²) in [7, 11) is 1.57. The molecule has 1 aromatic carbocycles. The second kappa shape index (κ2) is 5.33. The molecule has 0 saturated heterocycles. The number of hydrogen-bond donors (Lipinski definition) is 0. The van der Waals surface area contributed by atoms with Gasteiger partial charge in [-0.3, -0.25) is 0 Å². The van der Waals surface area contributed by atoms with Crippen molar-refractivity contribution in [3.05, 3.63) is 32.3 Å². The van der Waals surface area contributed by atoms with Crippen molar-refractivity contribution in [1.82, 2.24) is 4.98 Å². The molecule has 4 nitrogen and oxygen atoms in total. The Morgan fingerprint density at radius 1 is 1.44 bits per heavy atom. The second-order valence-corrected chi connectivity index (χ2v) is 26.4. The van der Waals surface area contributed by atoms with Crippen LogP contribution in [0.2, 0.25) is 0 Å². The zero-order valence-corrected chi connectivity index (χ0v) is 14.5. The summed E-state index contributed by atoms with van der Waals surface area (Å²) < 4.78 is 10.9. The van der Waals surface area contributed by atoms with E-state index in [4.69, 9.17) is 9.15 Å². The van der Waals surface area contributed by atoms with Crippen molar-refractivity contribution in [3.8, 4) is 5.75 Å². The molecule has 0 saturated carbocycles. The molecule has 0 atom stereocenters. The van der Waals surface area contributed by atoms with Crippen molar-refractivity contribution in [2.24, 2.45) is 0 Å². The Morgan fingerprint density at radius 3 is 2.81 bits per heavy atom. The maximum absolute atomic E-state index is 11.6. The Labute approximate surface area is 118 Å². The monoisotopic (exact) mass is 557 g/mol. The van der Waals surface area contributed by atoms with E-state index in [2.05, 4.69) is 42.2 Å². The molecule has 86 valence electrons. The molecule has 0 amide bonds. The van der Waals surface area contributed by atoms with E-state index in [-0.39, 0.29) is 5.63 Å². The van der Waals surface area contributed by atoms with E-state index in [1.165, 1.54) is 0 Å². The van der Waals surface area contributed by atoms with E-state index in [9.17, 15) is 4.79 Å². The van der Waals surface area contributed by atoms with E-state index < -0.39 is 11.9 Å². The Balaban J connectivity index is 2.69. The minimum atomic E-state index is -1.47. The van der Waals surface area contributed by atoms with Crippen LogP contribution in [0.25, 0.3) is 11.1 Å². The number of nitrogens with zero attached hydrogens (tertiary/aromatic N) is 1. The van der Waals surface area contributed by atoms with Crippen LogP contribution in [0.5, 0.6) is 5.75 Å². The van der Waals surface area contributed by atoms with E-state index >= 15 is 0 Å². The number of methoxy groups -OCH3 is 1. The molecule has 0 aliphatic heterocycles. The molecule has 0 N–H and O–H groups in total. The average Bonchev–Trinajstić information content (AvgIpc) is 2.27. The fourth-order valence-corrected chi connectivity index (χ4v) is 5.52. The van der Waals surface area contributed by atoms with Gasteiger partial charge in [0.05, 0.1) is 0 Å². The first-order valence-electron chi connectivity index (χ1n) is 4.13. The van der Waals surface area contributed by atoms with Crippen molar-refractivity contribution >= 4 is 60.2 Å². The van der Waals surface area contributed by atoms with Gasteiger partial charge in [0.15, 0.2) is 0 Å². The molecule has 7 heteroatoms. The van der Waals surface area contributed by atoms with Crippen LogP contribution in [0.3, 0.4) is 0 Å². The van der Waals surface area contributed by atoms with Crippen LogP contribution in [0.1, 0.15) is 0 Å². The van der Waals surface area contributed by atoms with Crippen molar-refractivity contribution in [1.29, 1.82) is 0 Å². The van der Waals surface area contributed by atoms with Crippen molar-refractivity contribution in [2.45, 2.75) is 0 Å². The molecular weight excluding hydrogens is 551 g/mol. The van der Waals surface area contributed by atoms with E-state index in [0.717, 1.165) is 0 Å². The fraction of sp³-hybridized carbons (Fsp3) is 0.111. The summed E-state index contributed by atoms with van der Waals surface area (Å²) in [6, 6.07) is 5.28. The van der Waals surface area contributed by atoms with Gasteiger partial charge in [-0.1, -0.05) is 0 Å². The number of ether oxygens (including phenoxy) is 1. The summed E-state index contributed by atoms with van der Waals surface area (Å²) in [6.45, 7) is 0. The molecular formula is C9H6I3NO3. The van der Waals surface area contributed by atoms with Gasteiger partial charge < -0.3 is 0 Å². The summed E-state index contributed by atoms with van der Waals surface area (Å²) >= 11 is 3.08. The third kappa shape index (κ3) is 2.60. The van der Waals surface area contributed by atoms with Gasteiger partial charge in [-0.05, 0) is 0 Å². The molecule has 1 aromatic heterocycles. The number of hydrogen-bond acceptors (Lipinski definition) is 4. The first kappa shape index (κ1) is 12.8. The van der Waals surface area contributed by atoms with Crippen LogP contribution in [0.15, 0.2) is 27.4 Å². The third-order valence-electron chi connectivity index (χ3n) is 1.89. The van der Waals surface area contributed by atoms with Crippen LogP contribution in [0.4, 0.5) is 0 Å². The molecule has 16 heavy (non-hydrogen) atoms. The number of benzene rings is 1. The average molecular weight is 557 g/mol. The number of fused-ring (bicyclic) bond motifs is 1. The summed E-state index contributed by atoms with van der Waals surface area (Å²) in [6.07, 6.45) is 0. The van der Waals surface area contributed by atoms with Gasteiger partial charge in [-0.2, -0.15) is 0 Å². The SMILES string of the molecule is COc1ccc2nc(I(I)I)c(=O)oc2c1. The number of rotatable bonds is 2. The standard InChI is InChI=1S/C9H6I3NO3/c1-15-5-2-3-6-7(4-5)16-9(14)8(13-6)12(10)11/h2-4H,1H3. The Morgan fingerprint density at radius 2 is 2.19 bits per heavy atom. The van der Waals surface area contributed by atoms with Crippen molar-refractivity contribution in [3.63, 3.8) is 0 Å². The van der Waals surface area contributed by atoms with Gasteiger partial charge in [0.2, 0.25) is 0 Å².